The van der Waals surface area contributed by atoms with E-state index in [1.807, 2.05) is 30.3 Å². The number of allylic oxidation sites excluding steroid dienone is 1. The lowest BCUT2D eigenvalue weighted by Gasteiger charge is -2.03. The summed E-state index contributed by atoms with van der Waals surface area (Å²) < 4.78 is 0. The van der Waals surface area contributed by atoms with Crippen LogP contribution in [0.5, 0.6) is 0 Å². The lowest BCUT2D eigenvalue weighted by molar-refractivity contribution is -0.132. The molecule has 15 heavy (non-hydrogen) atoms. The molecule has 0 aromatic heterocycles. The van der Waals surface area contributed by atoms with E-state index in [0.717, 1.165) is 5.56 Å². The van der Waals surface area contributed by atoms with E-state index >= 15 is 0 Å². The van der Waals surface area contributed by atoms with E-state index in [4.69, 9.17) is 5.11 Å². The van der Waals surface area contributed by atoms with Crippen molar-refractivity contribution in [1.29, 1.82) is 0 Å². The molecule has 0 radical (unpaired) electrons. The van der Waals surface area contributed by atoms with Gasteiger partial charge in [0.05, 0.1) is 5.57 Å². The van der Waals surface area contributed by atoms with Crippen molar-refractivity contribution in [1.82, 2.24) is 0 Å². The Bertz CT molecular complexity index is 366. The molecule has 0 aliphatic rings. The predicted octanol–water partition coefficient (Wildman–Crippen LogP) is 2.54. The number of benzene rings is 1. The average molecular weight is 206 g/mol. The van der Waals surface area contributed by atoms with Crippen LogP contribution in [0.1, 0.15) is 18.9 Å². The van der Waals surface area contributed by atoms with Crippen molar-refractivity contribution in [2.75, 3.05) is 0 Å². The average Bonchev–Trinajstić information content (AvgIpc) is 2.26. The van der Waals surface area contributed by atoms with Crippen LogP contribution in [0.15, 0.2) is 41.7 Å². The first-order chi connectivity index (χ1) is 7.11. The van der Waals surface area contributed by atoms with E-state index in [1.165, 1.54) is 6.92 Å². The number of aliphatic hydroxyl groups is 1. The Morgan fingerprint density at radius 1 is 1.20 bits per heavy atom. The monoisotopic (exact) mass is 206 g/mol. The summed E-state index contributed by atoms with van der Waals surface area (Å²) in [6.07, 6.45) is 1.01. The predicted molar refractivity (Wildman–Crippen MR) is 57.7 cm³/mol. The molecule has 0 spiro atoms. The summed E-state index contributed by atoms with van der Waals surface area (Å²) in [5, 5.41) is 18.1. The highest BCUT2D eigenvalue weighted by atomic mass is 16.4. The van der Waals surface area contributed by atoms with Gasteiger partial charge in [0.1, 0.15) is 5.76 Å². The molecule has 1 rings (SSSR count). The SMILES string of the molecule is CC(C(=O)O)=C(O)CCc1ccccc1. The van der Waals surface area contributed by atoms with Gasteiger partial charge >= 0.3 is 5.97 Å². The minimum atomic E-state index is -1.07. The second kappa shape index (κ2) is 5.20. The van der Waals surface area contributed by atoms with Crippen LogP contribution < -0.4 is 0 Å². The van der Waals surface area contributed by atoms with Crippen molar-refractivity contribution >= 4 is 5.97 Å². The van der Waals surface area contributed by atoms with Gasteiger partial charge in [-0.3, -0.25) is 0 Å². The van der Waals surface area contributed by atoms with Gasteiger partial charge in [-0.05, 0) is 18.9 Å². The first-order valence-corrected chi connectivity index (χ1v) is 4.77. The molecule has 0 fully saturated rings. The van der Waals surface area contributed by atoms with Gasteiger partial charge in [-0.1, -0.05) is 30.3 Å². The van der Waals surface area contributed by atoms with Crippen molar-refractivity contribution < 1.29 is 15.0 Å². The third kappa shape index (κ3) is 3.46. The van der Waals surface area contributed by atoms with Crippen LogP contribution in [0.25, 0.3) is 0 Å². The summed E-state index contributed by atoms with van der Waals surface area (Å²) in [5.74, 6) is -1.12. The van der Waals surface area contributed by atoms with E-state index in [0.29, 0.717) is 12.8 Å². The van der Waals surface area contributed by atoms with Gasteiger partial charge in [0.2, 0.25) is 0 Å². The Morgan fingerprint density at radius 2 is 1.80 bits per heavy atom. The summed E-state index contributed by atoms with van der Waals surface area (Å²) in [6, 6.07) is 9.65. The second-order valence-electron chi connectivity index (χ2n) is 3.36. The van der Waals surface area contributed by atoms with Gasteiger partial charge in [-0.15, -0.1) is 0 Å². The minimum Gasteiger partial charge on any atom is -0.512 e. The quantitative estimate of drug-likeness (QED) is 0.588. The fraction of sp³-hybridized carbons (Fsp3) is 0.250. The van der Waals surface area contributed by atoms with Crippen LogP contribution in [0.2, 0.25) is 0 Å². The van der Waals surface area contributed by atoms with Crippen molar-refractivity contribution in [2.45, 2.75) is 19.8 Å². The maximum atomic E-state index is 10.5. The topological polar surface area (TPSA) is 57.5 Å². The largest absolute Gasteiger partial charge is 0.512 e. The summed E-state index contributed by atoms with van der Waals surface area (Å²) in [7, 11) is 0. The van der Waals surface area contributed by atoms with E-state index in [1.54, 1.807) is 0 Å². The van der Waals surface area contributed by atoms with Crippen LogP contribution >= 0.6 is 0 Å². The molecule has 1 aromatic carbocycles. The van der Waals surface area contributed by atoms with Gasteiger partial charge in [0, 0.05) is 6.42 Å². The third-order valence-corrected chi connectivity index (χ3v) is 2.25. The standard InChI is InChI=1S/C12H14O3/c1-9(12(14)15)11(13)8-7-10-5-3-2-4-6-10/h2-6,13H,7-8H2,1H3,(H,14,15). The van der Waals surface area contributed by atoms with E-state index < -0.39 is 5.97 Å². The third-order valence-electron chi connectivity index (χ3n) is 2.25. The number of carbonyl (C=O) groups is 1. The molecule has 80 valence electrons. The fourth-order valence-corrected chi connectivity index (χ4v) is 1.22. The van der Waals surface area contributed by atoms with Gasteiger partial charge in [0.15, 0.2) is 0 Å². The Hall–Kier alpha value is -1.77. The molecule has 0 aliphatic carbocycles. The smallest absolute Gasteiger partial charge is 0.334 e. The molecule has 0 saturated carbocycles. The molecule has 0 amide bonds. The molecule has 2 N–H and O–H groups in total. The molecule has 0 heterocycles. The molecule has 1 aromatic rings. The number of carboxylic acids is 1. The zero-order valence-corrected chi connectivity index (χ0v) is 8.60. The van der Waals surface area contributed by atoms with E-state index in [-0.39, 0.29) is 11.3 Å². The first-order valence-electron chi connectivity index (χ1n) is 4.77. The van der Waals surface area contributed by atoms with Crippen molar-refractivity contribution in [3.63, 3.8) is 0 Å². The molecule has 0 unspecified atom stereocenters. The minimum absolute atomic E-state index is 0.0194. The van der Waals surface area contributed by atoms with Gasteiger partial charge < -0.3 is 10.2 Å². The van der Waals surface area contributed by atoms with E-state index in [2.05, 4.69) is 0 Å². The number of rotatable bonds is 4. The normalized spacial score (nSPS) is 12.1. The molecule has 0 bridgehead atoms. The van der Waals surface area contributed by atoms with Crippen LogP contribution in [0.4, 0.5) is 0 Å². The van der Waals surface area contributed by atoms with Gasteiger partial charge in [0.25, 0.3) is 0 Å². The zero-order chi connectivity index (χ0) is 11.3. The maximum absolute atomic E-state index is 10.5. The summed E-state index contributed by atoms with van der Waals surface area (Å²) >= 11 is 0. The Morgan fingerprint density at radius 3 is 2.33 bits per heavy atom. The van der Waals surface area contributed by atoms with Crippen molar-refractivity contribution in [2.24, 2.45) is 0 Å². The lowest BCUT2D eigenvalue weighted by Crippen LogP contribution is -2.01. The number of aryl methyl sites for hydroxylation is 1. The Labute approximate surface area is 88.7 Å². The fourth-order valence-electron chi connectivity index (χ4n) is 1.22. The summed E-state index contributed by atoms with van der Waals surface area (Å²) in [6.45, 7) is 1.41. The molecular weight excluding hydrogens is 192 g/mol. The maximum Gasteiger partial charge on any atom is 0.334 e. The number of carboxylic acid groups (broad SMARTS) is 1. The first kappa shape index (κ1) is 11.3. The van der Waals surface area contributed by atoms with Gasteiger partial charge in [-0.2, -0.15) is 0 Å². The number of hydrogen-bond donors (Lipinski definition) is 2. The van der Waals surface area contributed by atoms with Crippen molar-refractivity contribution in [3.8, 4) is 0 Å². The second-order valence-corrected chi connectivity index (χ2v) is 3.36. The molecule has 0 aliphatic heterocycles. The highest BCUT2D eigenvalue weighted by Crippen LogP contribution is 2.10. The lowest BCUT2D eigenvalue weighted by atomic mass is 10.1. The van der Waals surface area contributed by atoms with Crippen LogP contribution in [0, 0.1) is 0 Å². The summed E-state index contributed by atoms with van der Waals surface area (Å²) in [5.41, 5.74) is 1.10. The summed E-state index contributed by atoms with van der Waals surface area (Å²) in [4.78, 5) is 10.5. The zero-order valence-electron chi connectivity index (χ0n) is 8.60. The van der Waals surface area contributed by atoms with Crippen LogP contribution in [-0.2, 0) is 11.2 Å². The molecule has 3 nitrogen and oxygen atoms in total. The molecule has 0 atom stereocenters. The van der Waals surface area contributed by atoms with Crippen molar-refractivity contribution in [3.05, 3.63) is 47.2 Å². The Balaban J connectivity index is 2.58. The van der Waals surface area contributed by atoms with Crippen LogP contribution in [-0.4, -0.2) is 16.2 Å². The number of aliphatic carboxylic acids is 1. The number of hydrogen-bond acceptors (Lipinski definition) is 2. The van der Waals surface area contributed by atoms with Gasteiger partial charge in [-0.25, -0.2) is 4.79 Å². The number of aliphatic hydroxyl groups excluding tert-OH is 1. The van der Waals surface area contributed by atoms with Crippen LogP contribution in [0.3, 0.4) is 0 Å². The molecule has 0 saturated heterocycles. The van der Waals surface area contributed by atoms with E-state index in [9.17, 15) is 9.90 Å². The highest BCUT2D eigenvalue weighted by molar-refractivity contribution is 5.86. The Kier molecular flexibility index (Phi) is 3.92. The molecular formula is C12H14O3. The molecule has 3 heteroatoms. The highest BCUT2D eigenvalue weighted by Gasteiger charge is 2.07.